The number of likely N-dealkylation sites (tertiary alicyclic amines) is 1. The summed E-state index contributed by atoms with van der Waals surface area (Å²) in [4.78, 5) is 229. The van der Waals surface area contributed by atoms with Gasteiger partial charge in [-0.25, -0.2) is 19.4 Å². The topological polar surface area (TPSA) is 540 Å². The van der Waals surface area contributed by atoms with Crippen LogP contribution in [0.3, 0.4) is 0 Å². The molecule has 680 valence electrons. The predicted octanol–water partition coefficient (Wildman–Crippen LogP) is 7.78. The Morgan fingerprint density at radius 1 is 0.699 bits per heavy atom. The molecule has 36 nitrogen and oxygen atoms in total. The van der Waals surface area contributed by atoms with E-state index in [4.69, 9.17) is 36.3 Å². The Bertz CT molecular complexity index is 4040. The Kier molecular flexibility index (Phi) is 47.7. The number of aromatic hydroxyl groups is 1. The van der Waals surface area contributed by atoms with E-state index in [0.29, 0.717) is 49.0 Å². The number of carboxylic acids is 5. The van der Waals surface area contributed by atoms with Crippen LogP contribution in [0.1, 0.15) is 210 Å². The number of ketones is 4. The molecular weight excluding hydrogens is 1680 g/mol. The van der Waals surface area contributed by atoms with Crippen molar-refractivity contribution in [2.45, 2.75) is 238 Å². The van der Waals surface area contributed by atoms with Crippen molar-refractivity contribution in [1.29, 1.82) is 0 Å². The fraction of sp³-hybridized carbons (Fsp3) is 0.602. The molecule has 1 aromatic heterocycles. The van der Waals surface area contributed by atoms with E-state index in [1.807, 2.05) is 46.6 Å². The average Bonchev–Trinajstić information content (AvgIpc) is 1.62. The summed E-state index contributed by atoms with van der Waals surface area (Å²) < 4.78 is 21.7. The van der Waals surface area contributed by atoms with Gasteiger partial charge in [0.15, 0.2) is 41.5 Å². The SMILES string of the molecule is CCCC(=O)OCN(C(=O)[C@@H](CC(=O)[C@H]1CCCCN1C)C(C)CC)[C@H](C[C@@H](OC(C)=O)c1nc(C(=O)N[C@@H](Cc2ccc(O)cc2)C[C@H](C)C(=O)CNC(=O)OCCCCSSC[C@H](CC(=O)[C@H](Cc2ccccc2)NC(=O)[C@H](CC(=O)O)CC(=O)CC[C@H](NC(=O)CC[C@@H](NC(=S)N[C@H](CCC(=O)O)OC=O)C(=O)O)C(=O)O)C(=O)O)cs1)C(C)C. The summed E-state index contributed by atoms with van der Waals surface area (Å²) in [5, 5.41) is 75.0. The molecule has 1 aliphatic rings. The Balaban J connectivity index is 1.32. The molecule has 0 bridgehead atoms. The molecule has 0 spiro atoms. The minimum Gasteiger partial charge on any atom is -0.508 e. The maximum absolute atomic E-state index is 15.1. The third-order valence-electron chi connectivity index (χ3n) is 20.6. The number of thiocarbonyl (C=S) groups is 1. The van der Waals surface area contributed by atoms with Crippen molar-refractivity contribution >= 4 is 151 Å². The number of rotatable bonds is 61. The Morgan fingerprint density at radius 3 is 1.99 bits per heavy atom. The van der Waals surface area contributed by atoms with E-state index in [2.05, 4.69) is 36.9 Å². The highest BCUT2D eigenvalue weighted by Crippen LogP contribution is 2.35. The maximum atomic E-state index is 15.1. The smallest absolute Gasteiger partial charge is 0.407 e. The molecule has 123 heavy (non-hydrogen) atoms. The van der Waals surface area contributed by atoms with Crippen molar-refractivity contribution in [3.05, 3.63) is 81.8 Å². The molecule has 0 aliphatic carbocycles. The van der Waals surface area contributed by atoms with Gasteiger partial charge in [0.1, 0.15) is 34.3 Å². The summed E-state index contributed by atoms with van der Waals surface area (Å²) in [6.07, 6.45) is -3.90. The first kappa shape index (κ1) is 105. The summed E-state index contributed by atoms with van der Waals surface area (Å²) in [6.45, 7) is 12.1. The number of thiazole rings is 1. The molecule has 12 N–H and O–H groups in total. The number of phenolic OH excluding ortho intramolecular Hbond substituents is 1. The second-order valence-electron chi connectivity index (χ2n) is 30.7. The van der Waals surface area contributed by atoms with Gasteiger partial charge < -0.3 is 86.4 Å². The number of nitrogens with one attached hydrogen (secondary N) is 6. The minimum atomic E-state index is -1.73. The van der Waals surface area contributed by atoms with Crippen LogP contribution in [-0.2, 0) is 104 Å². The van der Waals surface area contributed by atoms with Crippen LogP contribution in [0.5, 0.6) is 5.75 Å². The van der Waals surface area contributed by atoms with Crippen molar-refractivity contribution in [2.75, 3.05) is 45.0 Å². The lowest BCUT2D eigenvalue weighted by Gasteiger charge is -2.39. The van der Waals surface area contributed by atoms with Gasteiger partial charge in [-0.3, -0.25) is 72.0 Å². The van der Waals surface area contributed by atoms with Crippen LogP contribution in [0.2, 0.25) is 0 Å². The number of likely N-dealkylation sites (N-methyl/N-ethyl adjacent to an activating group) is 1. The minimum absolute atomic E-state index is 0.00172. The highest BCUT2D eigenvalue weighted by Gasteiger charge is 2.41. The number of hydrogen-bond donors (Lipinski definition) is 12. The zero-order valence-corrected chi connectivity index (χ0v) is 73.7. The quantitative estimate of drug-likeness (QED) is 0.00488. The number of Topliss-reactive ketones (excluding diaryl/α,β-unsaturated/α-hetero) is 4. The number of carbonyl (C=O) groups is 17. The molecule has 2 heterocycles. The maximum Gasteiger partial charge on any atom is 0.407 e. The number of aromatic nitrogens is 1. The van der Waals surface area contributed by atoms with Crippen molar-refractivity contribution in [1.82, 2.24) is 46.7 Å². The largest absolute Gasteiger partial charge is 0.508 e. The normalized spacial score (nSPS) is 15.6. The summed E-state index contributed by atoms with van der Waals surface area (Å²) >= 11 is 6.09. The standard InChI is InChI=1S/C83H117N9O27S4/c1-9-18-74(105)117-46-92(78(108)59(49(5)10-2)41-67(98)64-21-14-15-32-91(64)8)65(48(3)4)42-69(119-51(7)94)77-88-63(45-121-77)76(107)85-56(36-53-22-24-57(95)25-23-53)35-50(6)68(99)43-84-83(115)116-33-16-17-34-122-123-44-55(79(109)110)39-66(97)62(37-52-19-12-11-13-20-52)87-75(106)54(40-73(103)104)38-58(96)26-27-60(80(111)112)86-70(100)29-28-61(81(113)114)89-82(120)90-71(118-47-93)30-31-72(101)102/h11-13,19-20,22-25,45,47-50,54-56,59-62,64-65,69,71,95H,9-10,14-18,21,26-44,46H2,1-8H3,(H,84,115)(H,85,107)(H,86,100)(H,87,106)(H,101,102)(H,103,104)(H,109,110)(H,111,112)(H,113,114)(H2,89,90,120)/t49?,50-,54-,55-,56+,59-,60-,61+,62-,64+,65+,69+,71-/m0/s1. The lowest BCUT2D eigenvalue weighted by molar-refractivity contribution is -0.162. The number of hydrogen-bond acceptors (Lipinski definition) is 28. The van der Waals surface area contributed by atoms with Crippen LogP contribution < -0.4 is 31.9 Å². The van der Waals surface area contributed by atoms with E-state index >= 15 is 4.79 Å². The molecule has 13 atom stereocenters. The highest BCUT2D eigenvalue weighted by atomic mass is 33.1. The molecular formula is C83H117N9O27S4. The zero-order valence-electron chi connectivity index (χ0n) is 70.5. The zero-order chi connectivity index (χ0) is 91.4. The summed E-state index contributed by atoms with van der Waals surface area (Å²) in [5.41, 5.74) is 1.18. The van der Waals surface area contributed by atoms with Crippen molar-refractivity contribution < 1.29 is 131 Å². The molecule has 0 saturated carbocycles. The number of nitrogens with zero attached hydrogens (tertiary/aromatic N) is 3. The third kappa shape index (κ3) is 39.9. The number of phenols is 1. The summed E-state index contributed by atoms with van der Waals surface area (Å²) in [7, 11) is 4.33. The first-order valence-corrected chi connectivity index (χ1v) is 44.6. The van der Waals surface area contributed by atoms with Crippen LogP contribution in [0.25, 0.3) is 0 Å². The lowest BCUT2D eigenvalue weighted by Crippen LogP contribution is -2.50. The van der Waals surface area contributed by atoms with Gasteiger partial charge in [-0.1, -0.05) is 118 Å². The molecule has 1 fully saturated rings. The third-order valence-corrected chi connectivity index (χ3v) is 24.4. The first-order chi connectivity index (χ1) is 58.3. The van der Waals surface area contributed by atoms with Crippen LogP contribution in [0.4, 0.5) is 4.79 Å². The van der Waals surface area contributed by atoms with Crippen LogP contribution in [0.15, 0.2) is 60.0 Å². The number of aliphatic carboxylic acids is 5. The second-order valence-corrected chi connectivity index (χ2v) is 34.6. The van der Waals surface area contributed by atoms with Crippen LogP contribution >= 0.6 is 45.1 Å². The van der Waals surface area contributed by atoms with E-state index in [-0.39, 0.29) is 115 Å². The van der Waals surface area contributed by atoms with E-state index in [0.717, 1.165) is 41.5 Å². The number of benzene rings is 2. The Labute approximate surface area is 731 Å². The number of piperidine rings is 1. The number of carbonyl (C=O) groups excluding carboxylic acids is 12. The van der Waals surface area contributed by atoms with Gasteiger partial charge in [0.25, 0.3) is 12.4 Å². The van der Waals surface area contributed by atoms with Gasteiger partial charge in [-0.15, -0.1) is 11.3 Å². The van der Waals surface area contributed by atoms with E-state index in [9.17, 15) is 102 Å². The molecule has 0 radical (unpaired) electrons. The number of unbranched alkanes of at least 4 members (excludes halogenated alkanes) is 1. The van der Waals surface area contributed by atoms with Crippen LogP contribution in [-0.4, -0.2) is 239 Å². The monoisotopic (exact) mass is 1800 g/mol. The van der Waals surface area contributed by atoms with Gasteiger partial charge in [0.2, 0.25) is 17.7 Å². The van der Waals surface area contributed by atoms with Crippen molar-refractivity contribution in [2.24, 2.45) is 35.5 Å². The molecule has 5 amide bonds. The first-order valence-electron chi connectivity index (χ1n) is 40.9. The molecule has 40 heteroatoms. The van der Waals surface area contributed by atoms with Gasteiger partial charge in [-0.2, -0.15) is 0 Å². The lowest BCUT2D eigenvalue weighted by atomic mass is 9.82. The number of ether oxygens (including phenoxy) is 4. The predicted molar refractivity (Wildman–Crippen MR) is 455 cm³/mol. The second kappa shape index (κ2) is 55.8. The number of carboxylic acid groups (broad SMARTS) is 5. The summed E-state index contributed by atoms with van der Waals surface area (Å²) in [6, 6.07) is 8.00. The number of alkyl carbamates (subject to hydrolysis) is 1. The van der Waals surface area contributed by atoms with Crippen molar-refractivity contribution in [3.63, 3.8) is 0 Å². The average molecular weight is 1800 g/mol. The summed E-state index contributed by atoms with van der Waals surface area (Å²) in [5.74, 6) is -18.0. The number of amides is 5. The van der Waals surface area contributed by atoms with Crippen LogP contribution in [0, 0.1) is 35.5 Å². The molecule has 4 rings (SSSR count). The highest BCUT2D eigenvalue weighted by molar-refractivity contribution is 8.76. The van der Waals surface area contributed by atoms with E-state index in [1.54, 1.807) is 49.4 Å². The molecule has 1 aliphatic heterocycles. The van der Waals surface area contributed by atoms with E-state index < -0.39 is 214 Å². The van der Waals surface area contributed by atoms with E-state index in [1.165, 1.54) is 40.1 Å². The van der Waals surface area contributed by atoms with Gasteiger partial charge >= 0.3 is 47.9 Å². The molecule has 2 aromatic carbocycles. The molecule has 1 saturated heterocycles. The Morgan fingerprint density at radius 2 is 1.37 bits per heavy atom. The molecule has 1 unspecified atom stereocenters. The van der Waals surface area contributed by atoms with Crippen molar-refractivity contribution in [3.8, 4) is 5.75 Å². The van der Waals surface area contributed by atoms with Gasteiger partial charge in [0, 0.05) is 99.1 Å². The van der Waals surface area contributed by atoms with Gasteiger partial charge in [-0.05, 0) is 125 Å². The fourth-order valence-electron chi connectivity index (χ4n) is 13.5. The molecule has 3 aromatic rings. The fourth-order valence-corrected chi connectivity index (χ4v) is 17.1. The number of esters is 2. The van der Waals surface area contributed by atoms with Gasteiger partial charge in [0.05, 0.1) is 49.9 Å². The Hall–Kier alpha value is -10.2.